The van der Waals surface area contributed by atoms with Crippen molar-refractivity contribution in [2.24, 2.45) is 11.8 Å². The van der Waals surface area contributed by atoms with Gasteiger partial charge in [-0.2, -0.15) is 0 Å². The van der Waals surface area contributed by atoms with E-state index in [9.17, 15) is 4.79 Å². The van der Waals surface area contributed by atoms with Crippen LogP contribution in [0.1, 0.15) is 38.7 Å². The molecule has 3 saturated heterocycles. The lowest BCUT2D eigenvalue weighted by Crippen LogP contribution is -2.42. The number of hydrogen-bond acceptors (Lipinski definition) is 5. The fraction of sp³-hybridized carbons (Fsp3) is 0.696. The molecule has 3 heterocycles. The molecule has 6 heteroatoms. The second-order valence-corrected chi connectivity index (χ2v) is 8.64. The lowest BCUT2D eigenvalue weighted by Gasteiger charge is -2.29. The van der Waals surface area contributed by atoms with Gasteiger partial charge in [0.15, 0.2) is 0 Å². The number of nitrogens with zero attached hydrogens (tertiary/aromatic N) is 1. The van der Waals surface area contributed by atoms with Gasteiger partial charge in [-0.3, -0.25) is 9.69 Å². The Morgan fingerprint density at radius 2 is 2.28 bits per heavy atom. The molecule has 1 aromatic rings. The third kappa shape index (κ3) is 4.44. The fourth-order valence-electron chi connectivity index (χ4n) is 5.43. The Hall–Kier alpha value is -1.63. The van der Waals surface area contributed by atoms with E-state index in [0.717, 1.165) is 44.6 Å². The predicted octanol–water partition coefficient (Wildman–Crippen LogP) is 2.61. The van der Waals surface area contributed by atoms with Crippen LogP contribution in [0, 0.1) is 11.8 Å². The first-order chi connectivity index (χ1) is 14.1. The highest BCUT2D eigenvalue weighted by Gasteiger charge is 2.62. The van der Waals surface area contributed by atoms with Crippen molar-refractivity contribution in [3.05, 3.63) is 29.8 Å². The topological polar surface area (TPSA) is 60.0 Å². The second kappa shape index (κ2) is 9.02. The van der Waals surface area contributed by atoms with Crippen LogP contribution < -0.4 is 10.1 Å². The first-order valence-corrected chi connectivity index (χ1v) is 11.1. The van der Waals surface area contributed by atoms with Crippen molar-refractivity contribution >= 4 is 5.91 Å². The van der Waals surface area contributed by atoms with Gasteiger partial charge < -0.3 is 19.5 Å². The monoisotopic (exact) mass is 402 g/mol. The van der Waals surface area contributed by atoms with Crippen LogP contribution in [0.15, 0.2) is 24.3 Å². The first kappa shape index (κ1) is 20.6. The summed E-state index contributed by atoms with van der Waals surface area (Å²) in [7, 11) is 0. The van der Waals surface area contributed by atoms with Crippen LogP contribution in [-0.2, 0) is 20.8 Å². The minimum absolute atomic E-state index is 0.0159. The number of rotatable bonds is 10. The van der Waals surface area contributed by atoms with E-state index in [1.165, 1.54) is 5.56 Å². The van der Waals surface area contributed by atoms with Gasteiger partial charge in [-0.05, 0) is 43.9 Å². The summed E-state index contributed by atoms with van der Waals surface area (Å²) < 4.78 is 17.5. The van der Waals surface area contributed by atoms with E-state index in [2.05, 4.69) is 28.4 Å². The van der Waals surface area contributed by atoms with Gasteiger partial charge in [0.05, 0.1) is 18.3 Å². The van der Waals surface area contributed by atoms with Crippen molar-refractivity contribution < 1.29 is 19.0 Å². The minimum Gasteiger partial charge on any atom is -0.494 e. The third-order valence-electron chi connectivity index (χ3n) is 6.59. The molecule has 0 saturated carbocycles. The molecule has 0 aromatic heterocycles. The van der Waals surface area contributed by atoms with Gasteiger partial charge in [-0.1, -0.05) is 19.1 Å². The van der Waals surface area contributed by atoms with E-state index in [4.69, 9.17) is 14.2 Å². The van der Waals surface area contributed by atoms with Gasteiger partial charge in [0.25, 0.3) is 0 Å². The summed E-state index contributed by atoms with van der Waals surface area (Å²) >= 11 is 0. The number of ether oxygens (including phenoxy) is 3. The molecular formula is C23H34N2O4. The van der Waals surface area contributed by atoms with Crippen molar-refractivity contribution in [3.8, 4) is 5.75 Å². The summed E-state index contributed by atoms with van der Waals surface area (Å²) in [5.74, 6) is 1.82. The van der Waals surface area contributed by atoms with Crippen LogP contribution in [0.5, 0.6) is 5.75 Å². The molecule has 160 valence electrons. The maximum absolute atomic E-state index is 12.1. The van der Waals surface area contributed by atoms with Crippen molar-refractivity contribution in [1.82, 2.24) is 10.2 Å². The standard InChI is InChI=1S/C23H34N2O4/c1-3-10-27-15-22(26)24-12-19-20-14-25(16-23(20)9-8-21(19)29-23)13-17-6-5-7-18(11-17)28-4-2/h5-7,11,19-21H,3-4,8-10,12-16H2,1-2H3,(H,24,26)/t19-,20+,21+,23+/m0/s1. The quantitative estimate of drug-likeness (QED) is 0.610. The average Bonchev–Trinajstić information content (AvgIpc) is 3.35. The van der Waals surface area contributed by atoms with E-state index in [1.807, 2.05) is 19.9 Å². The Morgan fingerprint density at radius 1 is 1.38 bits per heavy atom. The molecular weight excluding hydrogens is 368 g/mol. The van der Waals surface area contributed by atoms with E-state index in [0.29, 0.717) is 37.7 Å². The minimum atomic E-state index is -0.0176. The number of amides is 1. The summed E-state index contributed by atoms with van der Waals surface area (Å²) in [5, 5.41) is 3.08. The number of carbonyl (C=O) groups excluding carboxylic acids is 1. The molecule has 4 atom stereocenters. The predicted molar refractivity (Wildman–Crippen MR) is 111 cm³/mol. The number of benzene rings is 1. The maximum atomic E-state index is 12.1. The average molecular weight is 403 g/mol. The molecule has 1 spiro atoms. The molecule has 4 rings (SSSR count). The highest BCUT2D eigenvalue weighted by molar-refractivity contribution is 5.77. The molecule has 1 amide bonds. The van der Waals surface area contributed by atoms with Crippen LogP contribution in [-0.4, -0.2) is 62.0 Å². The molecule has 6 nitrogen and oxygen atoms in total. The number of hydrogen-bond donors (Lipinski definition) is 1. The Labute approximate surface area is 173 Å². The third-order valence-corrected chi connectivity index (χ3v) is 6.59. The zero-order valence-corrected chi connectivity index (χ0v) is 17.7. The largest absolute Gasteiger partial charge is 0.494 e. The summed E-state index contributed by atoms with van der Waals surface area (Å²) in [4.78, 5) is 14.6. The SMILES string of the molecule is CCCOCC(=O)NC[C@H]1[C@H]2CN(Cc3cccc(OCC)c3)C[C@]23CC[C@H]1O3. The van der Waals surface area contributed by atoms with Crippen LogP contribution in [0.4, 0.5) is 0 Å². The zero-order valence-electron chi connectivity index (χ0n) is 17.7. The molecule has 2 bridgehead atoms. The Balaban J connectivity index is 1.34. The van der Waals surface area contributed by atoms with E-state index < -0.39 is 0 Å². The van der Waals surface area contributed by atoms with Gasteiger partial charge in [0.1, 0.15) is 12.4 Å². The van der Waals surface area contributed by atoms with E-state index in [-0.39, 0.29) is 18.1 Å². The van der Waals surface area contributed by atoms with Gasteiger partial charge in [0.2, 0.25) is 5.91 Å². The number of fused-ring (bicyclic) bond motifs is 1. The molecule has 3 fully saturated rings. The molecule has 1 N–H and O–H groups in total. The number of likely N-dealkylation sites (tertiary alicyclic amines) is 1. The van der Waals surface area contributed by atoms with Gasteiger partial charge in [-0.15, -0.1) is 0 Å². The number of carbonyl (C=O) groups is 1. The summed E-state index contributed by atoms with van der Waals surface area (Å²) in [5.41, 5.74) is 1.26. The molecule has 1 aromatic carbocycles. The van der Waals surface area contributed by atoms with Gasteiger partial charge in [-0.25, -0.2) is 0 Å². The molecule has 0 unspecified atom stereocenters. The Kier molecular flexibility index (Phi) is 6.42. The summed E-state index contributed by atoms with van der Waals surface area (Å²) in [6, 6.07) is 8.39. The highest BCUT2D eigenvalue weighted by Crippen LogP contribution is 2.54. The normalized spacial score (nSPS) is 30.5. The van der Waals surface area contributed by atoms with Crippen LogP contribution >= 0.6 is 0 Å². The second-order valence-electron chi connectivity index (χ2n) is 8.64. The lowest BCUT2D eigenvalue weighted by atomic mass is 9.73. The zero-order chi connectivity index (χ0) is 20.3. The molecule has 29 heavy (non-hydrogen) atoms. The molecule has 3 aliphatic rings. The van der Waals surface area contributed by atoms with Crippen LogP contribution in [0.3, 0.4) is 0 Å². The van der Waals surface area contributed by atoms with Gasteiger partial charge in [0, 0.05) is 44.6 Å². The first-order valence-electron chi connectivity index (χ1n) is 11.1. The van der Waals surface area contributed by atoms with Crippen molar-refractivity contribution in [2.45, 2.75) is 51.4 Å². The molecule has 3 aliphatic heterocycles. The molecule has 0 radical (unpaired) electrons. The van der Waals surface area contributed by atoms with Gasteiger partial charge >= 0.3 is 0 Å². The summed E-state index contributed by atoms with van der Waals surface area (Å²) in [6.07, 6.45) is 3.47. The highest BCUT2D eigenvalue weighted by atomic mass is 16.5. The maximum Gasteiger partial charge on any atom is 0.246 e. The lowest BCUT2D eigenvalue weighted by molar-refractivity contribution is -0.126. The van der Waals surface area contributed by atoms with Crippen molar-refractivity contribution in [2.75, 3.05) is 39.5 Å². The molecule has 0 aliphatic carbocycles. The summed E-state index contributed by atoms with van der Waals surface area (Å²) in [6.45, 7) is 9.15. The van der Waals surface area contributed by atoms with E-state index in [1.54, 1.807) is 0 Å². The van der Waals surface area contributed by atoms with Crippen LogP contribution in [0.2, 0.25) is 0 Å². The van der Waals surface area contributed by atoms with Crippen LogP contribution in [0.25, 0.3) is 0 Å². The van der Waals surface area contributed by atoms with Crippen molar-refractivity contribution in [3.63, 3.8) is 0 Å². The van der Waals surface area contributed by atoms with Crippen molar-refractivity contribution in [1.29, 1.82) is 0 Å². The number of nitrogens with one attached hydrogen (secondary N) is 1. The smallest absolute Gasteiger partial charge is 0.246 e. The Morgan fingerprint density at radius 3 is 3.10 bits per heavy atom. The fourth-order valence-corrected chi connectivity index (χ4v) is 5.43. The Bertz CT molecular complexity index is 712. The van der Waals surface area contributed by atoms with E-state index >= 15 is 0 Å².